The van der Waals surface area contributed by atoms with Crippen LogP contribution in [0.3, 0.4) is 0 Å². The highest BCUT2D eigenvalue weighted by atomic mass is 16.6. The van der Waals surface area contributed by atoms with Crippen molar-refractivity contribution in [3.63, 3.8) is 0 Å². The number of rotatable bonds is 60. The molecule has 0 aromatic carbocycles. The van der Waals surface area contributed by atoms with Crippen LogP contribution in [0.25, 0.3) is 0 Å². The molecule has 0 saturated carbocycles. The normalized spacial score (nSPS) is 12.6. The third kappa shape index (κ3) is 63.3. The Morgan fingerprint density at radius 3 is 0.792 bits per heavy atom. The van der Waals surface area contributed by atoms with E-state index in [2.05, 4.69) is 106 Å². The first-order valence-electron chi connectivity index (χ1n) is 33.1. The van der Waals surface area contributed by atoms with E-state index in [0.717, 1.165) is 96.3 Å². The molecule has 0 rings (SSSR count). The number of unbranched alkanes of at least 4 members (excludes halogenated alkanes) is 35. The van der Waals surface area contributed by atoms with Gasteiger partial charge < -0.3 is 14.2 Å². The molecule has 0 aliphatic carbocycles. The second-order valence-electron chi connectivity index (χ2n) is 22.0. The van der Waals surface area contributed by atoms with E-state index < -0.39 is 6.10 Å². The van der Waals surface area contributed by atoms with E-state index in [1.165, 1.54) is 193 Å². The molecule has 0 saturated heterocycles. The number of hydrogen-bond donors (Lipinski definition) is 0. The lowest BCUT2D eigenvalue weighted by Crippen LogP contribution is -2.30. The van der Waals surface area contributed by atoms with Gasteiger partial charge in [0, 0.05) is 19.3 Å². The van der Waals surface area contributed by atoms with E-state index in [9.17, 15) is 14.4 Å². The summed E-state index contributed by atoms with van der Waals surface area (Å²) in [4.78, 5) is 38.1. The van der Waals surface area contributed by atoms with E-state index in [-0.39, 0.29) is 31.1 Å². The highest BCUT2D eigenvalue weighted by molar-refractivity contribution is 5.71. The highest BCUT2D eigenvalue weighted by Gasteiger charge is 2.19. The minimum absolute atomic E-state index is 0.0751. The predicted octanol–water partition coefficient (Wildman–Crippen LogP) is 22.7. The molecule has 0 aliphatic rings. The largest absolute Gasteiger partial charge is 0.462 e. The van der Waals surface area contributed by atoms with Crippen LogP contribution in [0.4, 0.5) is 0 Å². The lowest BCUT2D eigenvalue weighted by atomic mass is 10.0. The molecule has 444 valence electrons. The third-order valence-corrected chi connectivity index (χ3v) is 14.4. The van der Waals surface area contributed by atoms with Gasteiger partial charge in [0.1, 0.15) is 13.2 Å². The molecule has 0 heterocycles. The molecular weight excluding hydrogens is 949 g/mol. The summed E-state index contributed by atoms with van der Waals surface area (Å²) in [6.07, 6.45) is 86.2. The van der Waals surface area contributed by atoms with Crippen molar-refractivity contribution in [3.8, 4) is 0 Å². The Morgan fingerprint density at radius 1 is 0.273 bits per heavy atom. The van der Waals surface area contributed by atoms with E-state index >= 15 is 0 Å². The first-order chi connectivity index (χ1) is 38.0. The van der Waals surface area contributed by atoms with Crippen LogP contribution >= 0.6 is 0 Å². The first kappa shape index (κ1) is 73.6. The van der Waals surface area contributed by atoms with Crippen molar-refractivity contribution in [1.82, 2.24) is 0 Å². The van der Waals surface area contributed by atoms with Crippen LogP contribution in [0.2, 0.25) is 0 Å². The standard InChI is InChI=1S/C71H124O6/c1-4-7-10-13-16-18-20-22-24-26-28-30-32-34-35-37-38-40-42-44-46-48-50-52-55-58-61-64-70(73)76-67-68(66-75-69(72)63-60-57-54-15-12-9-6-3)77-71(74)65-62-59-56-53-51-49-47-45-43-41-39-36-33-31-29-27-25-23-21-19-17-14-11-8-5-2/h8,11,17,19-20,22-23,25-26,28-29,31-32,34,68H,4-7,9-10,12-16,18,21,24,27,30,33,35-67H2,1-3H3/b11-8-,19-17-,22-20-,25-23-,28-26-,31-29-,34-32-. The van der Waals surface area contributed by atoms with Crippen molar-refractivity contribution in [2.75, 3.05) is 13.2 Å². The smallest absolute Gasteiger partial charge is 0.306 e. The minimum atomic E-state index is -0.776. The van der Waals surface area contributed by atoms with E-state index in [1.54, 1.807) is 0 Å². The quantitative estimate of drug-likeness (QED) is 0.0261. The van der Waals surface area contributed by atoms with Gasteiger partial charge in [0.15, 0.2) is 6.10 Å². The van der Waals surface area contributed by atoms with Gasteiger partial charge in [0.25, 0.3) is 0 Å². The molecule has 0 N–H and O–H groups in total. The number of allylic oxidation sites excluding steroid dienone is 14. The van der Waals surface area contributed by atoms with Crippen molar-refractivity contribution in [3.05, 3.63) is 85.1 Å². The van der Waals surface area contributed by atoms with Crippen LogP contribution in [0.15, 0.2) is 85.1 Å². The molecule has 0 amide bonds. The molecule has 77 heavy (non-hydrogen) atoms. The molecule has 1 atom stereocenters. The average Bonchev–Trinajstić information content (AvgIpc) is 3.43. The molecule has 0 aromatic rings. The Kier molecular flexibility index (Phi) is 62.2. The first-order valence-corrected chi connectivity index (χ1v) is 33.1. The zero-order chi connectivity index (χ0) is 55.7. The van der Waals surface area contributed by atoms with Crippen LogP contribution in [-0.4, -0.2) is 37.2 Å². The van der Waals surface area contributed by atoms with Gasteiger partial charge in [0.05, 0.1) is 0 Å². The Morgan fingerprint density at radius 2 is 0.506 bits per heavy atom. The summed E-state index contributed by atoms with van der Waals surface area (Å²) in [6, 6.07) is 0. The van der Waals surface area contributed by atoms with Gasteiger partial charge in [0.2, 0.25) is 0 Å². The summed E-state index contributed by atoms with van der Waals surface area (Å²) in [5.41, 5.74) is 0. The fraction of sp³-hybridized carbons (Fsp3) is 0.761. The summed E-state index contributed by atoms with van der Waals surface area (Å²) in [5.74, 6) is -0.873. The molecule has 0 radical (unpaired) electrons. The maximum atomic E-state index is 12.9. The summed E-state index contributed by atoms with van der Waals surface area (Å²) >= 11 is 0. The third-order valence-electron chi connectivity index (χ3n) is 14.4. The molecule has 0 aliphatic heterocycles. The Balaban J connectivity index is 4.11. The molecular formula is C71H124O6. The zero-order valence-electron chi connectivity index (χ0n) is 51.0. The maximum Gasteiger partial charge on any atom is 0.306 e. The summed E-state index contributed by atoms with van der Waals surface area (Å²) in [7, 11) is 0. The van der Waals surface area contributed by atoms with Gasteiger partial charge >= 0.3 is 17.9 Å². The van der Waals surface area contributed by atoms with Crippen molar-refractivity contribution >= 4 is 17.9 Å². The molecule has 0 bridgehead atoms. The Labute approximate surface area is 477 Å². The lowest BCUT2D eigenvalue weighted by molar-refractivity contribution is -0.167. The number of carbonyl (C=O) groups is 3. The van der Waals surface area contributed by atoms with Crippen LogP contribution in [-0.2, 0) is 28.6 Å². The van der Waals surface area contributed by atoms with Gasteiger partial charge in [-0.25, -0.2) is 0 Å². The fourth-order valence-electron chi connectivity index (χ4n) is 9.44. The summed E-state index contributed by atoms with van der Waals surface area (Å²) in [6.45, 7) is 6.50. The highest BCUT2D eigenvalue weighted by Crippen LogP contribution is 2.17. The fourth-order valence-corrected chi connectivity index (χ4v) is 9.44. The van der Waals surface area contributed by atoms with Gasteiger partial charge in [-0.15, -0.1) is 0 Å². The molecule has 1 unspecified atom stereocenters. The maximum absolute atomic E-state index is 12.9. The van der Waals surface area contributed by atoms with Crippen LogP contribution in [0.5, 0.6) is 0 Å². The number of hydrogen-bond acceptors (Lipinski definition) is 6. The van der Waals surface area contributed by atoms with Crippen molar-refractivity contribution in [2.45, 2.75) is 335 Å². The van der Waals surface area contributed by atoms with Gasteiger partial charge in [-0.1, -0.05) is 298 Å². The van der Waals surface area contributed by atoms with Crippen LogP contribution in [0, 0.1) is 0 Å². The van der Waals surface area contributed by atoms with Gasteiger partial charge in [-0.05, 0) is 96.3 Å². The topological polar surface area (TPSA) is 78.9 Å². The Hall–Kier alpha value is -3.41. The average molecular weight is 1070 g/mol. The molecule has 6 heteroatoms. The van der Waals surface area contributed by atoms with Crippen LogP contribution in [0.1, 0.15) is 329 Å². The van der Waals surface area contributed by atoms with E-state index in [1.807, 2.05) is 0 Å². The van der Waals surface area contributed by atoms with Crippen LogP contribution < -0.4 is 0 Å². The number of carbonyl (C=O) groups excluding carboxylic acids is 3. The van der Waals surface area contributed by atoms with Gasteiger partial charge in [-0.3, -0.25) is 14.4 Å². The predicted molar refractivity (Wildman–Crippen MR) is 334 cm³/mol. The number of ether oxygens (including phenoxy) is 3. The minimum Gasteiger partial charge on any atom is -0.462 e. The second-order valence-corrected chi connectivity index (χ2v) is 22.0. The van der Waals surface area contributed by atoms with Gasteiger partial charge in [-0.2, -0.15) is 0 Å². The van der Waals surface area contributed by atoms with Crippen molar-refractivity contribution in [2.24, 2.45) is 0 Å². The SMILES string of the molecule is CC/C=C\C/C=C\C/C=C\C/C=C\CCCCCCCCCCCCCCC(=O)OC(COC(=O)CCCCCCCCC)COC(=O)CCCCCCCCCCCCCC/C=C\C/C=C\C/C=C\CCCCCCC. The van der Waals surface area contributed by atoms with Crippen molar-refractivity contribution < 1.29 is 28.6 Å². The molecule has 0 spiro atoms. The van der Waals surface area contributed by atoms with E-state index in [4.69, 9.17) is 14.2 Å². The summed E-state index contributed by atoms with van der Waals surface area (Å²) in [5, 5.41) is 0. The molecule has 0 aromatic heterocycles. The second kappa shape index (κ2) is 65.1. The monoisotopic (exact) mass is 1070 g/mol. The Bertz CT molecular complexity index is 1470. The van der Waals surface area contributed by atoms with E-state index in [0.29, 0.717) is 19.3 Å². The zero-order valence-corrected chi connectivity index (χ0v) is 51.0. The molecule has 0 fully saturated rings. The number of esters is 3. The van der Waals surface area contributed by atoms with Crippen molar-refractivity contribution in [1.29, 1.82) is 0 Å². The summed E-state index contributed by atoms with van der Waals surface area (Å²) < 4.78 is 16.9. The lowest BCUT2D eigenvalue weighted by Gasteiger charge is -2.18. The molecule has 6 nitrogen and oxygen atoms in total.